The van der Waals surface area contributed by atoms with Gasteiger partial charge in [-0.2, -0.15) is 0 Å². The number of fused-ring (bicyclic) bond motifs is 1. The first-order valence-corrected chi connectivity index (χ1v) is 10.0. The largest absolute Gasteiger partial charge is 0.240 e. The quantitative estimate of drug-likeness (QED) is 0.887. The third-order valence-electron chi connectivity index (χ3n) is 3.93. The summed E-state index contributed by atoms with van der Waals surface area (Å²) >= 11 is 0. The van der Waals surface area contributed by atoms with Gasteiger partial charge in [-0.15, -0.1) is 0 Å². The normalized spacial score (nSPS) is 24.7. The molecule has 0 radical (unpaired) electrons. The number of sulfone groups is 1. The highest BCUT2D eigenvalue weighted by Gasteiger charge is 2.31. The Balaban J connectivity index is 1.82. The Bertz CT molecular complexity index is 738. The summed E-state index contributed by atoms with van der Waals surface area (Å²) in [7, 11) is -6.72. The molecule has 20 heavy (non-hydrogen) atoms. The fraction of sp³-hybridized carbons (Fsp3) is 0.538. The summed E-state index contributed by atoms with van der Waals surface area (Å²) in [5, 5.41) is 0. The second kappa shape index (κ2) is 4.82. The number of sulfonamides is 1. The molecule has 1 heterocycles. The molecule has 0 unspecified atom stereocenters. The molecule has 3 rings (SSSR count). The predicted molar refractivity (Wildman–Crippen MR) is 75.8 cm³/mol. The summed E-state index contributed by atoms with van der Waals surface area (Å²) < 4.78 is 49.9. The SMILES string of the molecule is O=S1(=O)CC[C@H](NS(=O)(=O)c2ccc3c(c2)CCC3)C1. The Morgan fingerprint density at radius 3 is 2.60 bits per heavy atom. The van der Waals surface area contributed by atoms with Gasteiger partial charge in [0.1, 0.15) is 0 Å². The molecule has 0 spiro atoms. The Hall–Kier alpha value is -0.920. The van der Waals surface area contributed by atoms with E-state index in [9.17, 15) is 16.8 Å². The smallest absolute Gasteiger partial charge is 0.229 e. The lowest BCUT2D eigenvalue weighted by Gasteiger charge is -2.12. The van der Waals surface area contributed by atoms with Crippen molar-refractivity contribution in [1.29, 1.82) is 0 Å². The van der Waals surface area contributed by atoms with E-state index in [2.05, 4.69) is 4.72 Å². The van der Waals surface area contributed by atoms with Gasteiger partial charge in [-0.3, -0.25) is 0 Å². The van der Waals surface area contributed by atoms with Crippen LogP contribution in [0.4, 0.5) is 0 Å². The van der Waals surface area contributed by atoms with Gasteiger partial charge in [-0.25, -0.2) is 21.6 Å². The fourth-order valence-corrected chi connectivity index (χ4v) is 5.99. The molecule has 0 amide bonds. The number of hydrogen-bond acceptors (Lipinski definition) is 4. The molecule has 0 aromatic heterocycles. The van der Waals surface area contributed by atoms with Gasteiger partial charge >= 0.3 is 0 Å². The van der Waals surface area contributed by atoms with Crippen LogP contribution in [0.25, 0.3) is 0 Å². The molecule has 7 heteroatoms. The molecule has 1 fully saturated rings. The van der Waals surface area contributed by atoms with E-state index in [4.69, 9.17) is 0 Å². The molecule has 0 saturated carbocycles. The molecule has 1 saturated heterocycles. The number of aryl methyl sites for hydroxylation is 2. The third-order valence-corrected chi connectivity index (χ3v) is 7.22. The van der Waals surface area contributed by atoms with E-state index < -0.39 is 25.9 Å². The van der Waals surface area contributed by atoms with Gasteiger partial charge in [0.15, 0.2) is 9.84 Å². The van der Waals surface area contributed by atoms with Gasteiger partial charge in [0, 0.05) is 6.04 Å². The van der Waals surface area contributed by atoms with E-state index in [1.807, 2.05) is 6.07 Å². The van der Waals surface area contributed by atoms with E-state index in [1.165, 1.54) is 5.56 Å². The monoisotopic (exact) mass is 315 g/mol. The fourth-order valence-electron chi connectivity index (χ4n) is 2.89. The van der Waals surface area contributed by atoms with Crippen LogP contribution in [0.1, 0.15) is 24.0 Å². The van der Waals surface area contributed by atoms with Crippen molar-refractivity contribution in [3.8, 4) is 0 Å². The van der Waals surface area contributed by atoms with Crippen molar-refractivity contribution >= 4 is 19.9 Å². The van der Waals surface area contributed by atoms with Gasteiger partial charge < -0.3 is 0 Å². The molecule has 110 valence electrons. The van der Waals surface area contributed by atoms with Gasteiger partial charge in [0.05, 0.1) is 16.4 Å². The highest BCUT2D eigenvalue weighted by Crippen LogP contribution is 2.25. The summed E-state index contributed by atoms with van der Waals surface area (Å²) in [5.41, 5.74) is 2.30. The molecular weight excluding hydrogens is 298 g/mol. The number of rotatable bonds is 3. The van der Waals surface area contributed by atoms with E-state index >= 15 is 0 Å². The van der Waals surface area contributed by atoms with Crippen LogP contribution in [0.3, 0.4) is 0 Å². The summed E-state index contributed by atoms with van der Waals surface area (Å²) in [6.45, 7) is 0. The standard InChI is InChI=1S/C13H17NO4S2/c15-19(16)7-6-12(9-19)14-20(17,18)13-5-4-10-2-1-3-11(10)8-13/h4-5,8,12,14H,1-3,6-7,9H2/t12-/m0/s1. The summed E-state index contributed by atoms with van der Waals surface area (Å²) in [4.78, 5) is 0.238. The first-order chi connectivity index (χ1) is 9.36. The molecule has 1 aromatic rings. The maximum Gasteiger partial charge on any atom is 0.240 e. The minimum atomic E-state index is -3.63. The van der Waals surface area contributed by atoms with Gasteiger partial charge in [-0.05, 0) is 48.9 Å². The molecular formula is C13H17NO4S2. The van der Waals surface area contributed by atoms with E-state index in [-0.39, 0.29) is 16.4 Å². The number of benzene rings is 1. The van der Waals surface area contributed by atoms with Crippen molar-refractivity contribution in [3.05, 3.63) is 29.3 Å². The third kappa shape index (κ3) is 2.75. The first-order valence-electron chi connectivity index (χ1n) is 6.70. The Morgan fingerprint density at radius 2 is 1.90 bits per heavy atom. The lowest BCUT2D eigenvalue weighted by atomic mass is 10.1. The van der Waals surface area contributed by atoms with Crippen molar-refractivity contribution in [2.45, 2.75) is 36.6 Å². The van der Waals surface area contributed by atoms with Crippen molar-refractivity contribution < 1.29 is 16.8 Å². The molecule has 1 aromatic carbocycles. The summed E-state index contributed by atoms with van der Waals surface area (Å²) in [5.74, 6) is -0.0401. The van der Waals surface area contributed by atoms with Crippen molar-refractivity contribution in [2.24, 2.45) is 0 Å². The lowest BCUT2D eigenvalue weighted by Crippen LogP contribution is -2.35. The molecule has 1 atom stereocenters. The van der Waals surface area contributed by atoms with Crippen LogP contribution >= 0.6 is 0 Å². The second-order valence-electron chi connectivity index (χ2n) is 5.51. The minimum absolute atomic E-state index is 0.0599. The van der Waals surface area contributed by atoms with Crippen molar-refractivity contribution in [2.75, 3.05) is 11.5 Å². The zero-order valence-electron chi connectivity index (χ0n) is 11.0. The molecule has 5 nitrogen and oxygen atoms in total. The number of hydrogen-bond donors (Lipinski definition) is 1. The van der Waals surface area contributed by atoms with E-state index in [0.717, 1.165) is 24.8 Å². The van der Waals surface area contributed by atoms with Crippen LogP contribution in [0.2, 0.25) is 0 Å². The molecule has 0 bridgehead atoms. The highest BCUT2D eigenvalue weighted by atomic mass is 32.2. The van der Waals surface area contributed by atoms with Crippen LogP contribution in [0.15, 0.2) is 23.1 Å². The molecule has 1 aliphatic heterocycles. The van der Waals surface area contributed by atoms with Crippen LogP contribution in [-0.2, 0) is 32.7 Å². The minimum Gasteiger partial charge on any atom is -0.229 e. The second-order valence-corrected chi connectivity index (χ2v) is 9.45. The maximum absolute atomic E-state index is 12.3. The average molecular weight is 315 g/mol. The Morgan fingerprint density at radius 1 is 1.15 bits per heavy atom. The van der Waals surface area contributed by atoms with Crippen LogP contribution in [0.5, 0.6) is 0 Å². The van der Waals surface area contributed by atoms with Crippen molar-refractivity contribution in [3.63, 3.8) is 0 Å². The van der Waals surface area contributed by atoms with Gasteiger partial charge in [-0.1, -0.05) is 6.07 Å². The first kappa shape index (κ1) is 14.0. The van der Waals surface area contributed by atoms with Crippen LogP contribution in [-0.4, -0.2) is 34.4 Å². The molecule has 1 aliphatic carbocycles. The lowest BCUT2D eigenvalue weighted by molar-refractivity contribution is 0.562. The maximum atomic E-state index is 12.3. The Kier molecular flexibility index (Phi) is 3.38. The molecule has 2 aliphatic rings. The Labute approximate surface area is 119 Å². The topological polar surface area (TPSA) is 80.3 Å². The van der Waals surface area contributed by atoms with Crippen LogP contribution in [0, 0.1) is 0 Å². The van der Waals surface area contributed by atoms with E-state index in [1.54, 1.807) is 12.1 Å². The van der Waals surface area contributed by atoms with E-state index in [0.29, 0.717) is 6.42 Å². The zero-order valence-corrected chi connectivity index (χ0v) is 12.6. The average Bonchev–Trinajstić information content (AvgIpc) is 2.94. The molecule has 1 N–H and O–H groups in total. The highest BCUT2D eigenvalue weighted by molar-refractivity contribution is 7.92. The van der Waals surface area contributed by atoms with Crippen LogP contribution < -0.4 is 4.72 Å². The zero-order chi connectivity index (χ0) is 14.4. The summed E-state index contributed by atoms with van der Waals surface area (Å²) in [6.07, 6.45) is 3.33. The van der Waals surface area contributed by atoms with Gasteiger partial charge in [0.2, 0.25) is 10.0 Å². The van der Waals surface area contributed by atoms with Crippen molar-refractivity contribution in [1.82, 2.24) is 4.72 Å². The van der Waals surface area contributed by atoms with Gasteiger partial charge in [0.25, 0.3) is 0 Å². The number of nitrogens with one attached hydrogen (secondary N) is 1. The predicted octanol–water partition coefficient (Wildman–Crippen LogP) is 0.641. The summed E-state index contributed by atoms with van der Waals surface area (Å²) in [6, 6.07) is 4.69.